The topological polar surface area (TPSA) is 43.6 Å². The summed E-state index contributed by atoms with van der Waals surface area (Å²) in [5, 5.41) is 11.2. The second kappa shape index (κ2) is 2.04. The molecule has 1 fully saturated rings. The molecule has 0 atom stereocenters. The summed E-state index contributed by atoms with van der Waals surface area (Å²) in [5.74, 6) is 1.88. The second-order valence-corrected chi connectivity index (χ2v) is 2.87. The van der Waals surface area contributed by atoms with Crippen LogP contribution in [0.15, 0.2) is 0 Å². The van der Waals surface area contributed by atoms with Gasteiger partial charge < -0.3 is 0 Å². The monoisotopic (exact) mass is 138 g/mol. The lowest BCUT2D eigenvalue weighted by Gasteiger charge is -1.93. The molecule has 2 rings (SSSR count). The van der Waals surface area contributed by atoms with Crippen LogP contribution >= 0.6 is 0 Å². The van der Waals surface area contributed by atoms with E-state index in [1.165, 1.54) is 12.8 Å². The minimum atomic E-state index is 0.865. The Hall–Kier alpha value is -0.930. The van der Waals surface area contributed by atoms with Crippen molar-refractivity contribution in [1.82, 2.24) is 20.2 Å². The van der Waals surface area contributed by atoms with E-state index in [0.717, 1.165) is 18.2 Å². The molecule has 0 saturated heterocycles. The Morgan fingerprint density at radius 3 is 2.90 bits per heavy atom. The van der Waals surface area contributed by atoms with Crippen LogP contribution in [0, 0.1) is 5.92 Å². The third-order valence-electron chi connectivity index (χ3n) is 1.88. The molecule has 1 heterocycles. The molecule has 4 heteroatoms. The van der Waals surface area contributed by atoms with Crippen molar-refractivity contribution in [2.75, 3.05) is 0 Å². The van der Waals surface area contributed by atoms with Crippen LogP contribution in [0.2, 0.25) is 0 Å². The van der Waals surface area contributed by atoms with Gasteiger partial charge in [0, 0.05) is 13.5 Å². The van der Waals surface area contributed by atoms with Crippen LogP contribution in [0.1, 0.15) is 18.7 Å². The van der Waals surface area contributed by atoms with Crippen LogP contribution in [-0.2, 0) is 13.5 Å². The number of aryl methyl sites for hydroxylation is 1. The van der Waals surface area contributed by atoms with Crippen molar-refractivity contribution in [3.05, 3.63) is 5.82 Å². The zero-order valence-electron chi connectivity index (χ0n) is 5.99. The summed E-state index contributed by atoms with van der Waals surface area (Å²) in [4.78, 5) is 0. The van der Waals surface area contributed by atoms with Crippen LogP contribution in [0.4, 0.5) is 0 Å². The van der Waals surface area contributed by atoms with Gasteiger partial charge in [-0.25, -0.2) is 4.68 Å². The smallest absolute Gasteiger partial charge is 0.151 e. The average Bonchev–Trinajstić information content (AvgIpc) is 2.62. The van der Waals surface area contributed by atoms with Crippen LogP contribution < -0.4 is 0 Å². The quantitative estimate of drug-likeness (QED) is 0.584. The molecule has 1 aromatic heterocycles. The highest BCUT2D eigenvalue weighted by atomic mass is 15.5. The number of nitrogens with zero attached hydrogens (tertiary/aromatic N) is 4. The average molecular weight is 138 g/mol. The van der Waals surface area contributed by atoms with Crippen molar-refractivity contribution in [1.29, 1.82) is 0 Å². The normalized spacial score (nSPS) is 17.7. The minimum Gasteiger partial charge on any atom is -0.233 e. The van der Waals surface area contributed by atoms with Gasteiger partial charge in [0.1, 0.15) is 0 Å². The number of rotatable bonds is 2. The summed E-state index contributed by atoms with van der Waals surface area (Å²) >= 11 is 0. The van der Waals surface area contributed by atoms with Crippen molar-refractivity contribution < 1.29 is 0 Å². The maximum absolute atomic E-state index is 3.90. The predicted molar refractivity (Wildman–Crippen MR) is 35.2 cm³/mol. The lowest BCUT2D eigenvalue weighted by molar-refractivity contribution is 0.653. The van der Waals surface area contributed by atoms with Crippen LogP contribution in [0.25, 0.3) is 0 Å². The Morgan fingerprint density at radius 2 is 2.40 bits per heavy atom. The first-order valence-electron chi connectivity index (χ1n) is 3.57. The number of tetrazole rings is 1. The van der Waals surface area contributed by atoms with E-state index in [2.05, 4.69) is 15.5 Å². The fraction of sp³-hybridized carbons (Fsp3) is 0.833. The Bertz CT molecular complexity index is 225. The molecule has 0 bridgehead atoms. The molecule has 1 aromatic rings. The van der Waals surface area contributed by atoms with E-state index >= 15 is 0 Å². The van der Waals surface area contributed by atoms with Crippen molar-refractivity contribution in [2.24, 2.45) is 13.0 Å². The summed E-state index contributed by atoms with van der Waals surface area (Å²) < 4.78 is 1.75. The molecule has 0 aromatic carbocycles. The molecule has 0 N–H and O–H groups in total. The molecule has 10 heavy (non-hydrogen) atoms. The van der Waals surface area contributed by atoms with Gasteiger partial charge in [0.2, 0.25) is 0 Å². The minimum absolute atomic E-state index is 0.865. The third-order valence-corrected chi connectivity index (χ3v) is 1.88. The van der Waals surface area contributed by atoms with Gasteiger partial charge in [0.05, 0.1) is 0 Å². The van der Waals surface area contributed by atoms with E-state index in [1.54, 1.807) is 4.68 Å². The molecular weight excluding hydrogens is 128 g/mol. The van der Waals surface area contributed by atoms with Crippen molar-refractivity contribution in [3.63, 3.8) is 0 Å². The summed E-state index contributed by atoms with van der Waals surface area (Å²) in [5.41, 5.74) is 0. The first kappa shape index (κ1) is 5.82. The second-order valence-electron chi connectivity index (χ2n) is 2.87. The molecule has 0 amide bonds. The molecule has 4 nitrogen and oxygen atoms in total. The van der Waals surface area contributed by atoms with Gasteiger partial charge in [0.15, 0.2) is 5.82 Å². The van der Waals surface area contributed by atoms with Crippen LogP contribution in [-0.4, -0.2) is 20.2 Å². The van der Waals surface area contributed by atoms with E-state index in [9.17, 15) is 0 Å². The molecule has 0 spiro atoms. The molecule has 1 saturated carbocycles. The van der Waals surface area contributed by atoms with E-state index in [1.807, 2.05) is 7.05 Å². The number of hydrogen-bond donors (Lipinski definition) is 0. The highest BCUT2D eigenvalue weighted by Crippen LogP contribution is 2.31. The van der Waals surface area contributed by atoms with E-state index in [-0.39, 0.29) is 0 Å². The van der Waals surface area contributed by atoms with E-state index < -0.39 is 0 Å². The fourth-order valence-electron chi connectivity index (χ4n) is 1.00. The van der Waals surface area contributed by atoms with Gasteiger partial charge in [-0.15, -0.1) is 5.10 Å². The number of hydrogen-bond acceptors (Lipinski definition) is 3. The summed E-state index contributed by atoms with van der Waals surface area (Å²) in [7, 11) is 1.89. The van der Waals surface area contributed by atoms with Crippen LogP contribution in [0.5, 0.6) is 0 Å². The Balaban J connectivity index is 2.08. The molecular formula is C6H10N4. The van der Waals surface area contributed by atoms with Crippen LogP contribution in [0.3, 0.4) is 0 Å². The lowest BCUT2D eigenvalue weighted by Crippen LogP contribution is -2.00. The SMILES string of the molecule is Cn1nnnc1CC1CC1. The first-order chi connectivity index (χ1) is 4.86. The molecule has 0 unspecified atom stereocenters. The van der Waals surface area contributed by atoms with Gasteiger partial charge in [-0.05, 0) is 29.2 Å². The third kappa shape index (κ3) is 1.01. The van der Waals surface area contributed by atoms with E-state index in [4.69, 9.17) is 0 Å². The maximum atomic E-state index is 3.90. The molecule has 1 aliphatic carbocycles. The summed E-state index contributed by atoms with van der Waals surface area (Å²) in [6.07, 6.45) is 3.77. The largest absolute Gasteiger partial charge is 0.233 e. The zero-order valence-corrected chi connectivity index (χ0v) is 5.99. The van der Waals surface area contributed by atoms with Gasteiger partial charge in [-0.3, -0.25) is 0 Å². The molecule has 54 valence electrons. The zero-order chi connectivity index (χ0) is 6.97. The van der Waals surface area contributed by atoms with Gasteiger partial charge in [0.25, 0.3) is 0 Å². The first-order valence-corrected chi connectivity index (χ1v) is 3.57. The standard InChI is InChI=1S/C6H10N4/c1-10-6(7-8-9-10)4-5-2-3-5/h5H,2-4H2,1H3. The summed E-state index contributed by atoms with van der Waals surface area (Å²) in [6, 6.07) is 0. The number of aromatic nitrogens is 4. The van der Waals surface area contributed by atoms with Gasteiger partial charge in [-0.1, -0.05) is 0 Å². The van der Waals surface area contributed by atoms with Gasteiger partial charge >= 0.3 is 0 Å². The van der Waals surface area contributed by atoms with Gasteiger partial charge in [-0.2, -0.15) is 0 Å². The van der Waals surface area contributed by atoms with E-state index in [0.29, 0.717) is 0 Å². The Labute approximate surface area is 59.2 Å². The summed E-state index contributed by atoms with van der Waals surface area (Å²) in [6.45, 7) is 0. The highest BCUT2D eigenvalue weighted by molar-refractivity contribution is 4.88. The van der Waals surface area contributed by atoms with Crippen molar-refractivity contribution >= 4 is 0 Å². The predicted octanol–water partition coefficient (Wildman–Crippen LogP) is 0.163. The molecule has 1 aliphatic rings. The lowest BCUT2D eigenvalue weighted by atomic mass is 10.3. The highest BCUT2D eigenvalue weighted by Gasteiger charge is 2.23. The Kier molecular flexibility index (Phi) is 1.19. The fourth-order valence-corrected chi connectivity index (χ4v) is 1.00. The molecule has 0 aliphatic heterocycles. The van der Waals surface area contributed by atoms with Crippen molar-refractivity contribution in [2.45, 2.75) is 19.3 Å². The van der Waals surface area contributed by atoms with Crippen molar-refractivity contribution in [3.8, 4) is 0 Å². The Morgan fingerprint density at radius 1 is 1.60 bits per heavy atom. The molecule has 0 radical (unpaired) electrons. The maximum Gasteiger partial charge on any atom is 0.151 e.